The summed E-state index contributed by atoms with van der Waals surface area (Å²) in [6, 6.07) is 6.35. The maximum Gasteiger partial charge on any atom is 0.112 e. The average Bonchev–Trinajstić information content (AvgIpc) is 4.21. The predicted molar refractivity (Wildman–Crippen MR) is 299 cm³/mol. The van der Waals surface area contributed by atoms with Gasteiger partial charge < -0.3 is 14.2 Å². The molecule has 5 aliphatic heterocycles. The third-order valence-corrected chi connectivity index (χ3v) is 28.6. The van der Waals surface area contributed by atoms with Gasteiger partial charge in [0.05, 0.1) is 18.3 Å². The summed E-state index contributed by atoms with van der Waals surface area (Å²) in [6.45, 7) is 0. The molecule has 10 aliphatic carbocycles. The molecule has 10 heteroatoms. The Bertz CT molecular complexity index is 1780. The Hall–Kier alpha value is 0.380. The summed E-state index contributed by atoms with van der Waals surface area (Å²) >= 11 is 4.98. The van der Waals surface area contributed by atoms with Gasteiger partial charge in [-0.3, -0.25) is 25.8 Å². The Morgan fingerprint density at radius 2 is 0.685 bits per heavy atom. The summed E-state index contributed by atoms with van der Waals surface area (Å²) in [6.07, 6.45) is 53.5. The van der Waals surface area contributed by atoms with Crippen molar-refractivity contribution in [1.82, 2.24) is 25.8 Å². The number of thioether (sulfide) groups is 2. The minimum atomic E-state index is 0.117. The van der Waals surface area contributed by atoms with E-state index < -0.39 is 0 Å². The standard InChI is InChI=1S/C63H103N5O3S2/c1-8-28-51-44(21-1)64-61(69-51)43-37-42(38-17-15-19-40(35-38)67-47-24-4-11-31-54(47)72-55-32-12-5-25-48(55)67)59(62-65-45-22-2-9-29-52(45)70-62)60(63-66-46-23-3-10-30-53(46)71-63)58(43)39-18-16-20-41(36-39)68-49-26-6-13-33-56(49)73-57-34-14-7-27-50(57)68/h38-66H,1-37H2. The number of hydrogen-bond donors (Lipinski definition) is 3. The van der Waals surface area contributed by atoms with E-state index in [1.165, 1.54) is 238 Å². The van der Waals surface area contributed by atoms with Crippen LogP contribution in [0.15, 0.2) is 0 Å². The molecular weight excluding hydrogens is 939 g/mol. The molecule has 73 heavy (non-hydrogen) atoms. The summed E-state index contributed by atoms with van der Waals surface area (Å²) in [4.78, 5) is 6.70. The van der Waals surface area contributed by atoms with Crippen LogP contribution in [0.5, 0.6) is 0 Å². The maximum atomic E-state index is 7.82. The van der Waals surface area contributed by atoms with Crippen LogP contribution in [-0.4, -0.2) is 122 Å². The van der Waals surface area contributed by atoms with Gasteiger partial charge in [-0.05, 0) is 146 Å². The molecule has 0 aromatic heterocycles. The molecule has 0 radical (unpaired) electrons. The van der Waals surface area contributed by atoms with Gasteiger partial charge in [0, 0.05) is 93.1 Å². The smallest absolute Gasteiger partial charge is 0.112 e. The first-order valence-corrected chi connectivity index (χ1v) is 35.2. The highest BCUT2D eigenvalue weighted by atomic mass is 32.2. The lowest BCUT2D eigenvalue weighted by Crippen LogP contribution is -2.64. The second kappa shape index (κ2) is 22.0. The molecule has 15 fully saturated rings. The van der Waals surface area contributed by atoms with Gasteiger partial charge in [-0.25, -0.2) is 0 Å². The first-order chi connectivity index (χ1) is 36.2. The topological polar surface area (TPSA) is 70.3 Å². The highest BCUT2D eigenvalue weighted by Crippen LogP contribution is 2.60. The average molecular weight is 1040 g/mol. The Labute approximate surface area is 452 Å². The van der Waals surface area contributed by atoms with Gasteiger partial charge in [-0.2, -0.15) is 23.5 Å². The summed E-state index contributed by atoms with van der Waals surface area (Å²) in [7, 11) is 0. The minimum absolute atomic E-state index is 0.117. The third-order valence-electron chi connectivity index (χ3n) is 25.0. The van der Waals surface area contributed by atoms with E-state index in [4.69, 9.17) is 14.2 Å². The summed E-state index contributed by atoms with van der Waals surface area (Å²) < 4.78 is 23.3. The first-order valence-electron chi connectivity index (χ1n) is 33.3. The number of ether oxygens (including phenoxy) is 3. The maximum absolute atomic E-state index is 7.82. The van der Waals surface area contributed by atoms with Crippen molar-refractivity contribution < 1.29 is 14.2 Å². The molecule has 10 saturated carbocycles. The van der Waals surface area contributed by atoms with Crippen LogP contribution >= 0.6 is 23.5 Å². The quantitative estimate of drug-likeness (QED) is 0.230. The van der Waals surface area contributed by atoms with E-state index in [9.17, 15) is 0 Å². The molecule has 8 nitrogen and oxygen atoms in total. The van der Waals surface area contributed by atoms with Gasteiger partial charge in [0.25, 0.3) is 0 Å². The van der Waals surface area contributed by atoms with E-state index in [2.05, 4.69) is 49.3 Å². The normalized spacial score (nSPS) is 54.7. The Balaban J connectivity index is 0.825. The van der Waals surface area contributed by atoms with Crippen LogP contribution in [0, 0.1) is 41.4 Å². The fourth-order valence-electron chi connectivity index (χ4n) is 22.1. The fourth-order valence-corrected chi connectivity index (χ4v) is 26.0. The van der Waals surface area contributed by atoms with Crippen LogP contribution in [0.1, 0.15) is 238 Å². The summed E-state index contributed by atoms with van der Waals surface area (Å²) in [5.41, 5.74) is 0. The van der Waals surface area contributed by atoms with Gasteiger partial charge in [0.15, 0.2) is 0 Å². The molecular formula is C63H103N5O3S2. The van der Waals surface area contributed by atoms with Crippen molar-refractivity contribution in [3.63, 3.8) is 0 Å². The molecule has 410 valence electrons. The molecule has 0 aromatic rings. The number of hydrogen-bond acceptors (Lipinski definition) is 10. The molecule has 26 atom stereocenters. The molecule has 26 unspecified atom stereocenters. The monoisotopic (exact) mass is 1040 g/mol. The zero-order valence-corrected chi connectivity index (χ0v) is 47.2. The van der Waals surface area contributed by atoms with Gasteiger partial charge in [0.1, 0.15) is 18.7 Å². The molecule has 0 spiro atoms. The lowest BCUT2D eigenvalue weighted by atomic mass is 9.51. The van der Waals surface area contributed by atoms with Crippen molar-refractivity contribution in [1.29, 1.82) is 0 Å². The number of nitrogens with zero attached hydrogens (tertiary/aromatic N) is 2. The molecule has 5 saturated heterocycles. The van der Waals surface area contributed by atoms with Gasteiger partial charge in [-0.15, -0.1) is 0 Å². The zero-order chi connectivity index (χ0) is 48.0. The van der Waals surface area contributed by atoms with Crippen molar-refractivity contribution >= 4 is 23.5 Å². The van der Waals surface area contributed by atoms with Crippen LogP contribution in [0.2, 0.25) is 0 Å². The van der Waals surface area contributed by atoms with Crippen LogP contribution < -0.4 is 16.0 Å². The second-order valence-corrected chi connectivity index (χ2v) is 31.6. The molecule has 3 N–H and O–H groups in total. The summed E-state index contributed by atoms with van der Waals surface area (Å²) in [5.74, 6) is 4.07. The number of nitrogens with one attached hydrogen (secondary N) is 3. The number of rotatable bonds is 7. The Kier molecular flexibility index (Phi) is 15.2. The second-order valence-electron chi connectivity index (χ2n) is 28.6. The third kappa shape index (κ3) is 9.59. The Morgan fingerprint density at radius 3 is 1.16 bits per heavy atom. The van der Waals surface area contributed by atoms with E-state index in [0.29, 0.717) is 71.9 Å². The molecule has 15 aliphatic rings. The molecule has 5 heterocycles. The molecule has 15 rings (SSSR count). The van der Waals surface area contributed by atoms with Crippen molar-refractivity contribution in [3.8, 4) is 0 Å². The fraction of sp³-hybridized carbons (Fsp3) is 1.00. The van der Waals surface area contributed by atoms with Gasteiger partial charge in [0.2, 0.25) is 0 Å². The molecule has 0 aromatic carbocycles. The van der Waals surface area contributed by atoms with Crippen molar-refractivity contribution in [2.45, 2.75) is 350 Å². The van der Waals surface area contributed by atoms with Crippen molar-refractivity contribution in [3.05, 3.63) is 0 Å². The minimum Gasteiger partial charge on any atom is -0.358 e. The lowest BCUT2D eigenvalue weighted by Gasteiger charge is -2.60. The highest BCUT2D eigenvalue weighted by Gasteiger charge is 2.62. The summed E-state index contributed by atoms with van der Waals surface area (Å²) in [5, 5.41) is 17.0. The Morgan fingerprint density at radius 1 is 0.301 bits per heavy atom. The lowest BCUT2D eigenvalue weighted by molar-refractivity contribution is -0.179. The highest BCUT2D eigenvalue weighted by molar-refractivity contribution is 8.00. The number of fused-ring (bicyclic) bond motifs is 7. The van der Waals surface area contributed by atoms with E-state index in [1.807, 2.05) is 0 Å². The van der Waals surface area contributed by atoms with Gasteiger partial charge in [-0.1, -0.05) is 116 Å². The van der Waals surface area contributed by atoms with Gasteiger partial charge >= 0.3 is 0 Å². The van der Waals surface area contributed by atoms with E-state index >= 15 is 0 Å². The SMILES string of the molecule is C1CCC2OC(C3CC(C4CCCC(N5C6CCCCC6SC6CCCCC65)C4)C(C4NC5CCCCC5O4)C(C4NC5CCCCC5O4)C3C3CCCC(N4C5CCCCC5SC5CCCCC54)C3)NC2C1. The van der Waals surface area contributed by atoms with Crippen LogP contribution in [-0.2, 0) is 14.2 Å². The van der Waals surface area contributed by atoms with E-state index in [1.54, 1.807) is 0 Å². The molecule has 0 amide bonds. The van der Waals surface area contributed by atoms with Crippen molar-refractivity contribution in [2.24, 2.45) is 41.4 Å². The zero-order valence-electron chi connectivity index (χ0n) is 45.6. The van der Waals surface area contributed by atoms with Crippen LogP contribution in [0.4, 0.5) is 0 Å². The largest absolute Gasteiger partial charge is 0.358 e. The van der Waals surface area contributed by atoms with E-state index in [0.717, 1.165) is 63.2 Å². The van der Waals surface area contributed by atoms with Crippen LogP contribution in [0.3, 0.4) is 0 Å². The first kappa shape index (κ1) is 50.3. The molecule has 0 bridgehead atoms. The van der Waals surface area contributed by atoms with E-state index in [-0.39, 0.29) is 18.7 Å². The van der Waals surface area contributed by atoms with Crippen molar-refractivity contribution in [2.75, 3.05) is 0 Å². The predicted octanol–water partition coefficient (Wildman–Crippen LogP) is 12.7. The van der Waals surface area contributed by atoms with Crippen LogP contribution in [0.25, 0.3) is 0 Å².